The van der Waals surface area contributed by atoms with Gasteiger partial charge in [0.1, 0.15) is 5.75 Å². The second-order valence-electron chi connectivity index (χ2n) is 4.51. The molecule has 0 spiro atoms. The minimum absolute atomic E-state index is 0.544. The maximum atomic E-state index is 5.97. The molecule has 0 aromatic heterocycles. The van der Waals surface area contributed by atoms with Gasteiger partial charge in [-0.25, -0.2) is 0 Å². The minimum Gasteiger partial charge on any atom is -0.497 e. The van der Waals surface area contributed by atoms with E-state index in [1.54, 1.807) is 7.11 Å². The molecule has 0 saturated heterocycles. The van der Waals surface area contributed by atoms with Crippen molar-refractivity contribution in [2.75, 3.05) is 26.9 Å². The molecule has 0 saturated carbocycles. The molecule has 4 nitrogen and oxygen atoms in total. The molecule has 0 unspecified atom stereocenters. The summed E-state index contributed by atoms with van der Waals surface area (Å²) in [6.07, 6.45) is 0. The number of aryl methyl sites for hydroxylation is 2. The Labute approximate surface area is 123 Å². The monoisotopic (exact) mass is 298 g/mol. The van der Waals surface area contributed by atoms with E-state index in [0.717, 1.165) is 22.1 Å². The van der Waals surface area contributed by atoms with E-state index in [1.165, 1.54) is 0 Å². The maximum Gasteiger partial charge on any atom is 0.541 e. The number of hydrogen-bond acceptors (Lipinski definition) is 4. The fourth-order valence-electron chi connectivity index (χ4n) is 2.39. The van der Waals surface area contributed by atoms with Crippen molar-refractivity contribution in [2.24, 2.45) is 0 Å². The van der Waals surface area contributed by atoms with Crippen molar-refractivity contribution < 1.29 is 18.0 Å². The highest BCUT2D eigenvalue weighted by Crippen LogP contribution is 2.22. The van der Waals surface area contributed by atoms with Crippen LogP contribution in [-0.4, -0.2) is 35.7 Å². The molecule has 0 amide bonds. The van der Waals surface area contributed by atoms with Crippen LogP contribution in [-0.2, 0) is 13.3 Å². The van der Waals surface area contributed by atoms with Crippen molar-refractivity contribution in [3.8, 4) is 5.75 Å². The molecule has 0 radical (unpaired) electrons. The number of benzene rings is 1. The zero-order valence-corrected chi connectivity index (χ0v) is 14.4. The van der Waals surface area contributed by atoms with E-state index in [1.807, 2.05) is 40.7 Å². The second-order valence-corrected chi connectivity index (χ2v) is 6.99. The number of hydrogen-bond donors (Lipinski definition) is 0. The Morgan fingerprint density at radius 1 is 0.900 bits per heavy atom. The van der Waals surface area contributed by atoms with Gasteiger partial charge in [-0.3, -0.25) is 0 Å². The molecule has 1 aromatic carbocycles. The van der Waals surface area contributed by atoms with Crippen molar-refractivity contribution in [3.63, 3.8) is 0 Å². The molecule has 0 aliphatic carbocycles. The predicted molar refractivity (Wildman–Crippen MR) is 82.7 cm³/mol. The molecular weight excluding hydrogens is 272 g/mol. The summed E-state index contributed by atoms with van der Waals surface area (Å²) in [5.41, 5.74) is 2.24. The summed E-state index contributed by atoms with van der Waals surface area (Å²) in [5, 5.41) is 0.941. The third-order valence-electron chi connectivity index (χ3n) is 2.97. The Morgan fingerprint density at radius 2 is 1.40 bits per heavy atom. The first-order chi connectivity index (χ1) is 9.54. The maximum absolute atomic E-state index is 5.97. The highest BCUT2D eigenvalue weighted by atomic mass is 28.4. The van der Waals surface area contributed by atoms with Crippen LogP contribution in [0.3, 0.4) is 0 Å². The van der Waals surface area contributed by atoms with Crippen LogP contribution in [0, 0.1) is 13.8 Å². The molecule has 1 aromatic rings. The zero-order chi connectivity index (χ0) is 15.2. The third kappa shape index (κ3) is 3.61. The lowest BCUT2D eigenvalue weighted by Crippen LogP contribution is -2.58. The smallest absolute Gasteiger partial charge is 0.497 e. The van der Waals surface area contributed by atoms with Gasteiger partial charge in [0.05, 0.1) is 12.3 Å². The van der Waals surface area contributed by atoms with Gasteiger partial charge in [-0.05, 0) is 51.8 Å². The van der Waals surface area contributed by atoms with Crippen molar-refractivity contribution in [1.82, 2.24) is 0 Å². The van der Waals surface area contributed by atoms with Gasteiger partial charge in [0.25, 0.3) is 0 Å². The molecule has 0 bridgehead atoms. The van der Waals surface area contributed by atoms with Crippen LogP contribution >= 0.6 is 0 Å². The normalized spacial score (nSPS) is 11.7. The van der Waals surface area contributed by atoms with Gasteiger partial charge in [0.15, 0.2) is 0 Å². The Hall–Kier alpha value is -0.883. The van der Waals surface area contributed by atoms with Crippen molar-refractivity contribution in [1.29, 1.82) is 0 Å². The first kappa shape index (κ1) is 17.2. The Morgan fingerprint density at radius 3 is 1.80 bits per heavy atom. The number of rotatable bonds is 8. The third-order valence-corrected chi connectivity index (χ3v) is 6.23. The lowest BCUT2D eigenvalue weighted by Gasteiger charge is -2.31. The largest absolute Gasteiger partial charge is 0.541 e. The number of methoxy groups -OCH3 is 1. The number of ether oxygens (including phenoxy) is 1. The SMILES string of the molecule is CCO[Si](OCC)(OCC)c1c(C)cc(C)cc1OC. The average molecular weight is 298 g/mol. The van der Waals surface area contributed by atoms with Crippen LogP contribution < -0.4 is 9.92 Å². The van der Waals surface area contributed by atoms with Crippen LogP contribution in [0.25, 0.3) is 0 Å². The van der Waals surface area contributed by atoms with Crippen LogP contribution in [0.5, 0.6) is 5.75 Å². The van der Waals surface area contributed by atoms with Gasteiger partial charge in [-0.1, -0.05) is 6.07 Å². The molecule has 0 N–H and O–H groups in total. The first-order valence-corrected chi connectivity index (χ1v) is 8.84. The molecule has 0 aliphatic rings. The Kier molecular flexibility index (Phi) is 6.68. The van der Waals surface area contributed by atoms with E-state index in [4.69, 9.17) is 18.0 Å². The first-order valence-electron chi connectivity index (χ1n) is 7.12. The molecule has 1 rings (SSSR count). The van der Waals surface area contributed by atoms with Crippen molar-refractivity contribution >= 4 is 14.0 Å². The quantitative estimate of drug-likeness (QED) is 0.691. The molecule has 114 valence electrons. The van der Waals surface area contributed by atoms with Crippen molar-refractivity contribution in [3.05, 3.63) is 23.3 Å². The van der Waals surface area contributed by atoms with Gasteiger partial charge in [-0.15, -0.1) is 0 Å². The Balaban J connectivity index is 3.45. The van der Waals surface area contributed by atoms with Gasteiger partial charge in [0.2, 0.25) is 0 Å². The van der Waals surface area contributed by atoms with E-state index in [-0.39, 0.29) is 0 Å². The summed E-state index contributed by atoms with van der Waals surface area (Å²) < 4.78 is 23.5. The average Bonchev–Trinajstić information content (AvgIpc) is 2.38. The summed E-state index contributed by atoms with van der Waals surface area (Å²) >= 11 is 0. The lowest BCUT2D eigenvalue weighted by molar-refractivity contribution is 0.0852. The molecule has 0 heterocycles. The van der Waals surface area contributed by atoms with Crippen LogP contribution in [0.1, 0.15) is 31.9 Å². The summed E-state index contributed by atoms with van der Waals surface area (Å²) in [5.74, 6) is 0.782. The van der Waals surface area contributed by atoms with Gasteiger partial charge < -0.3 is 18.0 Å². The van der Waals surface area contributed by atoms with Crippen LogP contribution in [0.4, 0.5) is 0 Å². The van der Waals surface area contributed by atoms with Gasteiger partial charge >= 0.3 is 8.80 Å². The standard InChI is InChI=1S/C15H26O4Si/c1-7-17-20(18-8-2,19-9-3)15-13(5)10-12(4)11-14(15)16-6/h10-11H,7-9H2,1-6H3. The van der Waals surface area contributed by atoms with Gasteiger partial charge in [0, 0.05) is 19.8 Å². The lowest BCUT2D eigenvalue weighted by atomic mass is 10.1. The highest BCUT2D eigenvalue weighted by Gasteiger charge is 2.47. The van der Waals surface area contributed by atoms with Gasteiger partial charge in [-0.2, -0.15) is 0 Å². The van der Waals surface area contributed by atoms with Crippen molar-refractivity contribution in [2.45, 2.75) is 34.6 Å². The topological polar surface area (TPSA) is 36.9 Å². The molecule has 0 fully saturated rings. The fourth-order valence-corrected chi connectivity index (χ4v) is 5.25. The molecular formula is C15H26O4Si. The van der Waals surface area contributed by atoms with E-state index in [9.17, 15) is 0 Å². The second kappa shape index (κ2) is 7.78. The summed E-state index contributed by atoms with van der Waals surface area (Å²) in [4.78, 5) is 0. The molecule has 5 heteroatoms. The predicted octanol–water partition coefficient (Wildman–Crippen LogP) is 2.57. The van der Waals surface area contributed by atoms with E-state index < -0.39 is 8.80 Å². The molecule has 0 atom stereocenters. The van der Waals surface area contributed by atoms with E-state index >= 15 is 0 Å². The fraction of sp³-hybridized carbons (Fsp3) is 0.600. The minimum atomic E-state index is -2.93. The highest BCUT2D eigenvalue weighted by molar-refractivity contribution is 6.76. The van der Waals surface area contributed by atoms with E-state index in [0.29, 0.717) is 19.8 Å². The van der Waals surface area contributed by atoms with Crippen LogP contribution in [0.2, 0.25) is 0 Å². The zero-order valence-electron chi connectivity index (χ0n) is 13.4. The Bertz CT molecular complexity index is 417. The molecule has 0 aliphatic heterocycles. The summed E-state index contributed by atoms with van der Waals surface area (Å²) in [7, 11) is -1.26. The molecule has 20 heavy (non-hydrogen) atoms. The van der Waals surface area contributed by atoms with Crippen LogP contribution in [0.15, 0.2) is 12.1 Å². The summed E-state index contributed by atoms with van der Waals surface area (Å²) in [6, 6.07) is 4.11. The van der Waals surface area contributed by atoms with E-state index in [2.05, 4.69) is 6.07 Å². The summed E-state index contributed by atoms with van der Waals surface area (Å²) in [6.45, 7) is 11.6.